The van der Waals surface area contributed by atoms with Crippen molar-refractivity contribution in [3.63, 3.8) is 0 Å². The van der Waals surface area contributed by atoms with Gasteiger partial charge in [0.1, 0.15) is 6.54 Å². The molecule has 2 aromatic rings. The fraction of sp³-hybridized carbons (Fsp3) is 0.381. The van der Waals surface area contributed by atoms with Crippen LogP contribution in [-0.2, 0) is 16.1 Å². The van der Waals surface area contributed by atoms with E-state index >= 15 is 0 Å². The van der Waals surface area contributed by atoms with Crippen LogP contribution in [-0.4, -0.2) is 28.2 Å². The quantitative estimate of drug-likeness (QED) is 0.582. The zero-order valence-electron chi connectivity index (χ0n) is 15.5. The van der Waals surface area contributed by atoms with Crippen molar-refractivity contribution in [2.75, 3.05) is 0 Å². The number of primary amides is 1. The number of benzene rings is 1. The van der Waals surface area contributed by atoms with Gasteiger partial charge in [-0.25, -0.2) is 0 Å². The van der Waals surface area contributed by atoms with Gasteiger partial charge in [0.15, 0.2) is 5.78 Å². The predicted octanol–water partition coefficient (Wildman–Crippen LogP) is 2.56. The maximum Gasteiger partial charge on any atom is 0.240 e. The minimum Gasteiger partial charge on any atom is -0.369 e. The van der Waals surface area contributed by atoms with Gasteiger partial charge in [-0.05, 0) is 25.3 Å². The number of Topliss-reactive ketones (excluding diaryl/α,β-unsaturated/α-hetero) is 1. The van der Waals surface area contributed by atoms with Crippen LogP contribution in [0.1, 0.15) is 43.0 Å². The summed E-state index contributed by atoms with van der Waals surface area (Å²) in [7, 11) is 0. The molecule has 1 heterocycles. The normalized spacial score (nSPS) is 19.1. The van der Waals surface area contributed by atoms with Crippen LogP contribution in [0.15, 0.2) is 42.6 Å². The molecule has 2 atom stereocenters. The number of rotatable bonds is 7. The van der Waals surface area contributed by atoms with Crippen molar-refractivity contribution in [3.05, 3.63) is 48.2 Å². The number of amides is 2. The molecular weight excluding hydrogens is 342 g/mol. The summed E-state index contributed by atoms with van der Waals surface area (Å²) in [6.45, 7) is 2.06. The van der Waals surface area contributed by atoms with E-state index in [0.29, 0.717) is 24.8 Å². The molecule has 1 aliphatic carbocycles. The number of allylic oxidation sites excluding steroid dienone is 1. The fourth-order valence-corrected chi connectivity index (χ4v) is 3.66. The first kappa shape index (κ1) is 18.9. The van der Waals surface area contributed by atoms with Crippen LogP contribution in [0.2, 0.25) is 0 Å². The minimum atomic E-state index is -0.400. The highest BCUT2D eigenvalue weighted by Gasteiger charge is 2.28. The van der Waals surface area contributed by atoms with Crippen molar-refractivity contribution in [1.82, 2.24) is 9.88 Å². The van der Waals surface area contributed by atoms with Crippen LogP contribution in [0.25, 0.3) is 10.9 Å². The molecule has 0 bridgehead atoms. The highest BCUT2D eigenvalue weighted by molar-refractivity contribution is 6.08. The van der Waals surface area contributed by atoms with Gasteiger partial charge in [-0.1, -0.05) is 37.3 Å². The molecule has 1 aromatic heterocycles. The molecule has 0 aliphatic heterocycles. The van der Waals surface area contributed by atoms with Gasteiger partial charge >= 0.3 is 0 Å². The van der Waals surface area contributed by atoms with Crippen molar-refractivity contribution in [2.45, 2.75) is 45.2 Å². The summed E-state index contributed by atoms with van der Waals surface area (Å²) in [6.07, 6.45) is 8.03. The van der Waals surface area contributed by atoms with E-state index in [4.69, 9.17) is 5.73 Å². The van der Waals surface area contributed by atoms with Gasteiger partial charge in [0.25, 0.3) is 0 Å². The average molecular weight is 367 g/mol. The molecule has 1 aromatic carbocycles. The summed E-state index contributed by atoms with van der Waals surface area (Å²) in [4.78, 5) is 36.6. The van der Waals surface area contributed by atoms with Gasteiger partial charge < -0.3 is 15.6 Å². The lowest BCUT2D eigenvalue weighted by Gasteiger charge is -2.27. The van der Waals surface area contributed by atoms with Crippen LogP contribution < -0.4 is 11.1 Å². The van der Waals surface area contributed by atoms with Gasteiger partial charge in [-0.15, -0.1) is 0 Å². The number of hydrogen-bond acceptors (Lipinski definition) is 3. The number of hydrogen-bond donors (Lipinski definition) is 2. The summed E-state index contributed by atoms with van der Waals surface area (Å²) >= 11 is 0. The Kier molecular flexibility index (Phi) is 5.74. The average Bonchev–Trinajstić information content (AvgIpc) is 3.01. The molecule has 0 radical (unpaired) electrons. The second kappa shape index (κ2) is 8.20. The van der Waals surface area contributed by atoms with E-state index in [1.165, 1.54) is 0 Å². The molecule has 6 heteroatoms. The number of para-hydroxylation sites is 1. The summed E-state index contributed by atoms with van der Waals surface area (Å²) in [5.74, 6) is -0.901. The monoisotopic (exact) mass is 367 g/mol. The SMILES string of the molecule is CCCC(=O)c1cn(CC(=O)N[C@@H]2CC=CC[C@H]2C(N)=O)c2ccccc12. The number of nitrogens with two attached hydrogens (primary N) is 1. The summed E-state index contributed by atoms with van der Waals surface area (Å²) < 4.78 is 1.80. The largest absolute Gasteiger partial charge is 0.369 e. The van der Waals surface area contributed by atoms with E-state index in [2.05, 4.69) is 5.32 Å². The molecular formula is C21H25N3O3. The number of nitrogens with one attached hydrogen (secondary N) is 1. The lowest BCUT2D eigenvalue weighted by molar-refractivity contribution is -0.125. The van der Waals surface area contributed by atoms with Crippen molar-refractivity contribution < 1.29 is 14.4 Å². The molecule has 3 rings (SSSR count). The van der Waals surface area contributed by atoms with Crippen LogP contribution >= 0.6 is 0 Å². The third-order valence-electron chi connectivity index (χ3n) is 5.02. The Labute approximate surface area is 158 Å². The Balaban J connectivity index is 1.80. The minimum absolute atomic E-state index is 0.0825. The third kappa shape index (κ3) is 4.10. The Hall–Kier alpha value is -2.89. The molecule has 0 saturated heterocycles. The van der Waals surface area contributed by atoms with Crippen LogP contribution in [0.4, 0.5) is 0 Å². The molecule has 0 fully saturated rings. The summed E-state index contributed by atoms with van der Waals surface area (Å²) in [5.41, 5.74) is 6.96. The van der Waals surface area contributed by atoms with Crippen molar-refractivity contribution in [2.24, 2.45) is 11.7 Å². The van der Waals surface area contributed by atoms with E-state index in [1.54, 1.807) is 10.8 Å². The topological polar surface area (TPSA) is 94.2 Å². The van der Waals surface area contributed by atoms with Gasteiger partial charge in [0, 0.05) is 35.1 Å². The molecule has 0 saturated carbocycles. The maximum atomic E-state index is 12.6. The van der Waals surface area contributed by atoms with Crippen LogP contribution in [0, 0.1) is 5.92 Å². The number of fused-ring (bicyclic) bond motifs is 1. The second-order valence-electron chi connectivity index (χ2n) is 6.99. The first-order valence-electron chi connectivity index (χ1n) is 9.36. The summed E-state index contributed by atoms with van der Waals surface area (Å²) in [6, 6.07) is 7.30. The van der Waals surface area contributed by atoms with E-state index in [9.17, 15) is 14.4 Å². The zero-order valence-corrected chi connectivity index (χ0v) is 15.5. The van der Waals surface area contributed by atoms with Gasteiger partial charge in [0.2, 0.25) is 11.8 Å². The molecule has 6 nitrogen and oxygen atoms in total. The molecule has 142 valence electrons. The van der Waals surface area contributed by atoms with Crippen molar-refractivity contribution in [3.8, 4) is 0 Å². The number of nitrogens with zero attached hydrogens (tertiary/aromatic N) is 1. The molecule has 27 heavy (non-hydrogen) atoms. The van der Waals surface area contributed by atoms with E-state index in [0.717, 1.165) is 17.3 Å². The van der Waals surface area contributed by atoms with E-state index in [1.807, 2.05) is 43.3 Å². The molecule has 0 unspecified atom stereocenters. The van der Waals surface area contributed by atoms with Gasteiger partial charge in [-0.3, -0.25) is 14.4 Å². The summed E-state index contributed by atoms with van der Waals surface area (Å²) in [5, 5.41) is 3.79. The molecule has 1 aliphatic rings. The maximum absolute atomic E-state index is 12.6. The zero-order chi connectivity index (χ0) is 19.4. The van der Waals surface area contributed by atoms with E-state index < -0.39 is 5.91 Å². The number of aromatic nitrogens is 1. The molecule has 0 spiro atoms. The van der Waals surface area contributed by atoms with E-state index in [-0.39, 0.29) is 30.2 Å². The Morgan fingerprint density at radius 2 is 1.93 bits per heavy atom. The predicted molar refractivity (Wildman–Crippen MR) is 104 cm³/mol. The number of ketones is 1. The second-order valence-corrected chi connectivity index (χ2v) is 6.99. The molecule has 2 amide bonds. The Morgan fingerprint density at radius 3 is 2.67 bits per heavy atom. The first-order chi connectivity index (χ1) is 13.0. The highest BCUT2D eigenvalue weighted by Crippen LogP contribution is 2.23. The van der Waals surface area contributed by atoms with Crippen molar-refractivity contribution in [1.29, 1.82) is 0 Å². The third-order valence-corrected chi connectivity index (χ3v) is 5.02. The van der Waals surface area contributed by atoms with Crippen LogP contribution in [0.3, 0.4) is 0 Å². The van der Waals surface area contributed by atoms with Crippen molar-refractivity contribution >= 4 is 28.5 Å². The lowest BCUT2D eigenvalue weighted by Crippen LogP contribution is -2.47. The van der Waals surface area contributed by atoms with Crippen LogP contribution in [0.5, 0.6) is 0 Å². The Morgan fingerprint density at radius 1 is 1.19 bits per heavy atom. The standard InChI is InChI=1S/C21H25N3O3/c1-2-7-19(25)16-12-24(18-11-6-4-8-14(16)18)13-20(26)23-17-10-5-3-9-15(17)21(22)27/h3-6,8,11-12,15,17H,2,7,9-10,13H2,1H3,(H2,22,27)(H,23,26)/t15-,17-/m1/s1. The van der Waals surface area contributed by atoms with Gasteiger partial charge in [-0.2, -0.15) is 0 Å². The smallest absolute Gasteiger partial charge is 0.240 e. The highest BCUT2D eigenvalue weighted by atomic mass is 16.2. The Bertz CT molecular complexity index is 897. The van der Waals surface area contributed by atoms with Gasteiger partial charge in [0.05, 0.1) is 5.92 Å². The molecule has 3 N–H and O–H groups in total. The lowest BCUT2D eigenvalue weighted by atomic mass is 9.88. The fourth-order valence-electron chi connectivity index (χ4n) is 3.66. The number of carbonyl (C=O) groups excluding carboxylic acids is 3. The number of carbonyl (C=O) groups is 3. The first-order valence-corrected chi connectivity index (χ1v) is 9.36.